The summed E-state index contributed by atoms with van der Waals surface area (Å²) in [6, 6.07) is 13.2. The van der Waals surface area contributed by atoms with Gasteiger partial charge in [-0.25, -0.2) is 5.21 Å². The van der Waals surface area contributed by atoms with Gasteiger partial charge in [0.2, 0.25) is 11.8 Å². The Kier molecular flexibility index (Phi) is 5.06. The van der Waals surface area contributed by atoms with Crippen molar-refractivity contribution >= 4 is 28.4 Å². The van der Waals surface area contributed by atoms with Gasteiger partial charge in [-0.3, -0.25) is 9.59 Å². The molecule has 1 aliphatic heterocycles. The van der Waals surface area contributed by atoms with Crippen molar-refractivity contribution in [2.75, 3.05) is 7.05 Å². The summed E-state index contributed by atoms with van der Waals surface area (Å²) < 4.78 is 0. The first kappa shape index (κ1) is 19.1. The second-order valence-electron chi connectivity index (χ2n) is 7.27. The van der Waals surface area contributed by atoms with Gasteiger partial charge in [-0.05, 0) is 17.2 Å². The van der Waals surface area contributed by atoms with Crippen LogP contribution >= 0.6 is 0 Å². The molecule has 150 valence electrons. The molecule has 3 atom stereocenters. The average Bonchev–Trinajstić information content (AvgIpc) is 3.13. The van der Waals surface area contributed by atoms with Crippen molar-refractivity contribution in [2.24, 2.45) is 0 Å². The van der Waals surface area contributed by atoms with Crippen molar-refractivity contribution in [2.45, 2.75) is 24.9 Å². The molecule has 0 saturated carbocycles. The van der Waals surface area contributed by atoms with E-state index < -0.39 is 17.3 Å². The van der Waals surface area contributed by atoms with Gasteiger partial charge in [0, 0.05) is 32.2 Å². The number of carbonyl (C=O) groups excluding carboxylic acids is 2. The Morgan fingerprint density at radius 2 is 1.86 bits per heavy atom. The van der Waals surface area contributed by atoms with Crippen LogP contribution in [0.15, 0.2) is 54.7 Å². The molecule has 4 rings (SSSR count). The number of benzene rings is 2. The molecular weight excluding hydrogens is 372 g/mol. The maximum atomic E-state index is 12.9. The van der Waals surface area contributed by atoms with Crippen LogP contribution in [0.4, 0.5) is 5.69 Å². The Labute approximate surface area is 167 Å². The van der Waals surface area contributed by atoms with E-state index in [1.54, 1.807) is 25.4 Å². The van der Waals surface area contributed by atoms with Crippen LogP contribution in [0.2, 0.25) is 0 Å². The molecule has 0 bridgehead atoms. The molecule has 1 aliphatic rings. The highest BCUT2D eigenvalue weighted by Gasteiger charge is 2.38. The lowest BCUT2D eigenvalue weighted by molar-refractivity contribution is -0.990. The van der Waals surface area contributed by atoms with Crippen molar-refractivity contribution in [3.05, 3.63) is 71.1 Å². The van der Waals surface area contributed by atoms with E-state index >= 15 is 0 Å². The third-order valence-electron chi connectivity index (χ3n) is 5.45. The molecule has 2 heterocycles. The Balaban J connectivity index is 1.57. The number of likely N-dealkylation sites (N-methyl/N-ethyl adjacent to an activating group) is 1. The lowest BCUT2D eigenvalue weighted by Gasteiger charge is -2.36. The zero-order chi connectivity index (χ0) is 20.5. The molecule has 8 nitrogen and oxygen atoms in total. The van der Waals surface area contributed by atoms with Gasteiger partial charge >= 0.3 is 0 Å². The number of aromatic amines is 1. The molecule has 2 aromatic carbocycles. The fourth-order valence-electron chi connectivity index (χ4n) is 3.93. The van der Waals surface area contributed by atoms with E-state index in [2.05, 4.69) is 10.3 Å². The minimum absolute atomic E-state index is 0.156. The van der Waals surface area contributed by atoms with Crippen LogP contribution in [0.1, 0.15) is 11.1 Å². The summed E-state index contributed by atoms with van der Waals surface area (Å²) in [5.41, 5.74) is 2.53. The minimum Gasteiger partial charge on any atom is -0.595 e. The molecule has 0 spiro atoms. The van der Waals surface area contributed by atoms with Crippen molar-refractivity contribution in [3.8, 4) is 0 Å². The van der Waals surface area contributed by atoms with E-state index in [1.807, 2.05) is 30.3 Å². The predicted octanol–water partition coefficient (Wildman–Crippen LogP) is 0.682. The van der Waals surface area contributed by atoms with Gasteiger partial charge in [0.05, 0.1) is 10.9 Å². The van der Waals surface area contributed by atoms with Gasteiger partial charge in [-0.1, -0.05) is 36.4 Å². The van der Waals surface area contributed by atoms with Crippen molar-refractivity contribution in [1.29, 1.82) is 0 Å². The van der Waals surface area contributed by atoms with E-state index in [0.29, 0.717) is 22.9 Å². The molecule has 2 amide bonds. The molecule has 1 aromatic heterocycles. The molecule has 4 N–H and O–H groups in total. The molecule has 1 fully saturated rings. The first-order chi connectivity index (χ1) is 14.0. The first-order valence-corrected chi connectivity index (χ1v) is 9.39. The number of hydrogen-bond donors (Lipinski definition) is 4. The Bertz CT molecular complexity index is 1050. The quantitative estimate of drug-likeness (QED) is 0.477. The molecule has 1 saturated heterocycles. The summed E-state index contributed by atoms with van der Waals surface area (Å²) in [6.45, 7) is 0. The lowest BCUT2D eigenvalue weighted by Crippen LogP contribution is -2.99. The fraction of sp³-hybridized carbons (Fsp3) is 0.238. The van der Waals surface area contributed by atoms with E-state index in [4.69, 9.17) is 0 Å². The standard InChI is InChI=1S/C21H22N4O4/c1-24-18(11-14-12-22-15-8-5-9-17(19(14)15)25(28)29)20(26)23-16(21(24)27)10-13-6-3-2-4-7-13/h2-9,12,16,18,22,25,28H,10-11H2,1H3,(H,23,26). The van der Waals surface area contributed by atoms with E-state index in [1.165, 1.54) is 11.0 Å². The molecule has 3 aromatic rings. The van der Waals surface area contributed by atoms with Gasteiger partial charge < -0.3 is 20.4 Å². The second kappa shape index (κ2) is 7.67. The summed E-state index contributed by atoms with van der Waals surface area (Å²) in [6.07, 6.45) is 2.37. The SMILES string of the molecule is CN1C(=O)C(Cc2ccccc2)NC(=O)C1Cc1c[nH]c2cccc([NH+]([O-])O)c12. The van der Waals surface area contributed by atoms with Crippen LogP contribution in [0.3, 0.4) is 0 Å². The van der Waals surface area contributed by atoms with Gasteiger partial charge in [-0.2, -0.15) is 5.23 Å². The summed E-state index contributed by atoms with van der Waals surface area (Å²) in [7, 11) is 1.62. The summed E-state index contributed by atoms with van der Waals surface area (Å²) in [5.74, 6) is -0.396. The molecule has 29 heavy (non-hydrogen) atoms. The fourth-order valence-corrected chi connectivity index (χ4v) is 3.93. The molecule has 3 unspecified atom stereocenters. The zero-order valence-corrected chi connectivity index (χ0v) is 15.9. The number of carbonyl (C=O) groups is 2. The molecular formula is C21H22N4O4. The highest BCUT2D eigenvalue weighted by atomic mass is 16.8. The number of rotatable bonds is 5. The van der Waals surface area contributed by atoms with E-state index in [-0.39, 0.29) is 23.9 Å². The number of nitrogens with zero attached hydrogens (tertiary/aromatic N) is 1. The number of nitrogens with one attached hydrogen (secondary N) is 3. The number of amides is 2. The second-order valence-corrected chi connectivity index (χ2v) is 7.27. The van der Waals surface area contributed by atoms with E-state index in [9.17, 15) is 20.0 Å². The summed E-state index contributed by atoms with van der Waals surface area (Å²) >= 11 is 0. The van der Waals surface area contributed by atoms with Crippen LogP contribution < -0.4 is 10.5 Å². The summed E-state index contributed by atoms with van der Waals surface area (Å²) in [4.78, 5) is 30.2. The Hall–Kier alpha value is -3.20. The largest absolute Gasteiger partial charge is 0.595 e. The third kappa shape index (κ3) is 3.61. The minimum atomic E-state index is -1.03. The number of hydrogen-bond acceptors (Lipinski definition) is 4. The van der Waals surface area contributed by atoms with Crippen LogP contribution in [0, 0.1) is 5.21 Å². The van der Waals surface area contributed by atoms with E-state index in [0.717, 1.165) is 5.56 Å². The normalized spacial score (nSPS) is 20.7. The molecule has 0 aliphatic carbocycles. The maximum absolute atomic E-state index is 12.9. The van der Waals surface area contributed by atoms with Crippen LogP contribution in [-0.2, 0) is 22.4 Å². The third-order valence-corrected chi connectivity index (χ3v) is 5.45. The van der Waals surface area contributed by atoms with Crippen LogP contribution in [0.5, 0.6) is 0 Å². The lowest BCUT2D eigenvalue weighted by atomic mass is 9.96. The van der Waals surface area contributed by atoms with Gasteiger partial charge in [0.15, 0.2) is 5.69 Å². The van der Waals surface area contributed by atoms with Gasteiger partial charge in [-0.15, -0.1) is 0 Å². The van der Waals surface area contributed by atoms with Gasteiger partial charge in [0.25, 0.3) is 0 Å². The number of piperazine rings is 1. The summed E-state index contributed by atoms with van der Waals surface area (Å²) in [5, 5.41) is 23.5. The number of fused-ring (bicyclic) bond motifs is 1. The number of H-pyrrole nitrogens is 1. The van der Waals surface area contributed by atoms with Crippen molar-refractivity contribution in [3.63, 3.8) is 0 Å². The average molecular weight is 394 g/mol. The number of aromatic nitrogens is 1. The Morgan fingerprint density at radius 3 is 2.59 bits per heavy atom. The first-order valence-electron chi connectivity index (χ1n) is 9.39. The molecule has 8 heteroatoms. The highest BCUT2D eigenvalue weighted by molar-refractivity contribution is 5.98. The van der Waals surface area contributed by atoms with Crippen molar-refractivity contribution in [1.82, 2.24) is 15.2 Å². The topological polar surface area (TPSA) is 113 Å². The maximum Gasteiger partial charge on any atom is 0.245 e. The monoisotopic (exact) mass is 394 g/mol. The predicted molar refractivity (Wildman–Crippen MR) is 106 cm³/mol. The van der Waals surface area contributed by atoms with Gasteiger partial charge in [0.1, 0.15) is 12.1 Å². The highest BCUT2D eigenvalue weighted by Crippen LogP contribution is 2.27. The smallest absolute Gasteiger partial charge is 0.245 e. The van der Waals surface area contributed by atoms with Crippen LogP contribution in [-0.4, -0.2) is 46.0 Å². The molecule has 0 radical (unpaired) electrons. The Morgan fingerprint density at radius 1 is 1.10 bits per heavy atom. The van der Waals surface area contributed by atoms with Crippen molar-refractivity contribution < 1.29 is 20.0 Å². The number of quaternary nitrogens is 1. The van der Waals surface area contributed by atoms with Crippen LogP contribution in [0.25, 0.3) is 10.9 Å². The zero-order valence-electron chi connectivity index (χ0n) is 15.9.